The minimum absolute atomic E-state index is 0.00677. The van der Waals surface area contributed by atoms with Gasteiger partial charge in [-0.1, -0.05) is 25.4 Å². The molecule has 0 aliphatic rings. The van der Waals surface area contributed by atoms with Crippen LogP contribution in [0.2, 0.25) is 5.02 Å². The zero-order valence-electron chi connectivity index (χ0n) is 16.6. The molecule has 2 aromatic rings. The Kier molecular flexibility index (Phi) is 7.50. The highest BCUT2D eigenvalue weighted by Crippen LogP contribution is 2.26. The van der Waals surface area contributed by atoms with Gasteiger partial charge < -0.3 is 9.47 Å². The first-order chi connectivity index (χ1) is 13.7. The maximum Gasteiger partial charge on any atom is 0.359 e. The van der Waals surface area contributed by atoms with Gasteiger partial charge in [0.1, 0.15) is 12.4 Å². The van der Waals surface area contributed by atoms with Gasteiger partial charge in [0, 0.05) is 11.1 Å². The van der Waals surface area contributed by atoms with Crippen molar-refractivity contribution in [2.45, 2.75) is 40.2 Å². The van der Waals surface area contributed by atoms with Crippen molar-refractivity contribution in [1.82, 2.24) is 9.78 Å². The molecule has 0 aliphatic carbocycles. The molecule has 1 heterocycles. The molecule has 0 amide bonds. The van der Waals surface area contributed by atoms with Crippen molar-refractivity contribution in [3.8, 4) is 0 Å². The number of hydrogen-bond acceptors (Lipinski definition) is 6. The van der Waals surface area contributed by atoms with Crippen LogP contribution in [-0.4, -0.2) is 40.7 Å². The predicted octanol–water partition coefficient (Wildman–Crippen LogP) is 4.04. The van der Waals surface area contributed by atoms with E-state index in [9.17, 15) is 18.8 Å². The van der Waals surface area contributed by atoms with E-state index in [0.29, 0.717) is 5.56 Å². The number of ketones is 1. The maximum atomic E-state index is 13.7. The normalized spacial score (nSPS) is 10.9. The lowest BCUT2D eigenvalue weighted by Crippen LogP contribution is -2.19. The molecule has 0 radical (unpaired) electrons. The second-order valence-electron chi connectivity index (χ2n) is 6.42. The molecule has 0 aliphatic heterocycles. The summed E-state index contributed by atoms with van der Waals surface area (Å²) in [5, 5.41) is 4.05. The number of ether oxygens (including phenoxy) is 2. The summed E-state index contributed by atoms with van der Waals surface area (Å²) < 4.78 is 24.9. The summed E-state index contributed by atoms with van der Waals surface area (Å²) in [5.41, 5.74) is 0.325. The summed E-state index contributed by atoms with van der Waals surface area (Å²) in [6.45, 7) is 6.69. The number of carbonyl (C=O) groups is 3. The Morgan fingerprint density at radius 3 is 2.31 bits per heavy atom. The van der Waals surface area contributed by atoms with Crippen LogP contribution in [0, 0.1) is 5.82 Å². The van der Waals surface area contributed by atoms with Gasteiger partial charge in [0.25, 0.3) is 0 Å². The van der Waals surface area contributed by atoms with E-state index in [1.807, 2.05) is 0 Å². The summed E-state index contributed by atoms with van der Waals surface area (Å²) in [6.07, 6.45) is 0. The number of hydrogen-bond donors (Lipinski definition) is 0. The molecule has 0 spiro atoms. The summed E-state index contributed by atoms with van der Waals surface area (Å²) in [4.78, 5) is 37.6. The van der Waals surface area contributed by atoms with Crippen LogP contribution in [0.4, 0.5) is 4.39 Å². The van der Waals surface area contributed by atoms with Crippen LogP contribution >= 0.6 is 11.6 Å². The summed E-state index contributed by atoms with van der Waals surface area (Å²) in [6, 6.07) is 3.65. The summed E-state index contributed by atoms with van der Waals surface area (Å²) in [7, 11) is 0. The molecule has 9 heteroatoms. The second-order valence-corrected chi connectivity index (χ2v) is 6.82. The first-order valence-electron chi connectivity index (χ1n) is 9.14. The largest absolute Gasteiger partial charge is 0.461 e. The smallest absolute Gasteiger partial charge is 0.359 e. The monoisotopic (exact) mass is 424 g/mol. The Bertz CT molecular complexity index is 939. The Labute approximate surface area is 172 Å². The van der Waals surface area contributed by atoms with Crippen molar-refractivity contribution in [1.29, 1.82) is 0 Å². The first-order valence-corrected chi connectivity index (χ1v) is 9.52. The van der Waals surface area contributed by atoms with Gasteiger partial charge in [-0.3, -0.25) is 4.79 Å². The standard InChI is InChI=1S/C20H22ClFN2O5/c1-5-28-19(26)17-16(11(3)4)18(20(27)29-6-2)24(23-17)10-15(25)12-7-8-13(21)14(22)9-12/h7-9,11H,5-6,10H2,1-4H3. The number of halogens is 2. The SMILES string of the molecule is CCOC(=O)c1nn(CC(=O)c2ccc(Cl)c(F)c2)c(C(=O)OCC)c1C(C)C. The highest BCUT2D eigenvalue weighted by atomic mass is 35.5. The van der Waals surface area contributed by atoms with Gasteiger partial charge in [-0.25, -0.2) is 18.7 Å². The molecule has 0 saturated carbocycles. The van der Waals surface area contributed by atoms with Crippen LogP contribution in [0.5, 0.6) is 0 Å². The van der Waals surface area contributed by atoms with Crippen molar-refractivity contribution in [3.05, 3.63) is 51.6 Å². The number of aromatic nitrogens is 2. The Balaban J connectivity index is 2.54. The average Bonchev–Trinajstić information content (AvgIpc) is 3.04. The predicted molar refractivity (Wildman–Crippen MR) is 104 cm³/mol. The maximum absolute atomic E-state index is 13.7. The molecular formula is C20H22ClFN2O5. The Hall–Kier alpha value is -2.74. The van der Waals surface area contributed by atoms with Crippen molar-refractivity contribution >= 4 is 29.3 Å². The number of Topliss-reactive ketones (excluding diaryl/α,β-unsaturated/α-hetero) is 1. The van der Waals surface area contributed by atoms with Crippen LogP contribution in [0.25, 0.3) is 0 Å². The molecule has 29 heavy (non-hydrogen) atoms. The molecule has 0 fully saturated rings. The Morgan fingerprint density at radius 2 is 1.76 bits per heavy atom. The van der Waals surface area contributed by atoms with Gasteiger partial charge in [0.2, 0.25) is 0 Å². The topological polar surface area (TPSA) is 87.5 Å². The van der Waals surface area contributed by atoms with E-state index < -0.39 is 30.1 Å². The van der Waals surface area contributed by atoms with Crippen LogP contribution in [-0.2, 0) is 16.0 Å². The van der Waals surface area contributed by atoms with Gasteiger partial charge >= 0.3 is 11.9 Å². The molecule has 0 bridgehead atoms. The minimum atomic E-state index is -0.737. The van der Waals surface area contributed by atoms with Crippen LogP contribution in [0.3, 0.4) is 0 Å². The number of nitrogens with zero attached hydrogens (tertiary/aromatic N) is 2. The second kappa shape index (κ2) is 9.65. The molecule has 0 N–H and O–H groups in total. The zero-order chi connectivity index (χ0) is 21.7. The van der Waals surface area contributed by atoms with Gasteiger partial charge in [0.15, 0.2) is 17.2 Å². The van der Waals surface area contributed by atoms with Crippen molar-refractivity contribution in [2.24, 2.45) is 0 Å². The van der Waals surface area contributed by atoms with Gasteiger partial charge in [-0.2, -0.15) is 5.10 Å². The van der Waals surface area contributed by atoms with E-state index in [1.165, 1.54) is 12.1 Å². The van der Waals surface area contributed by atoms with Crippen molar-refractivity contribution in [2.75, 3.05) is 13.2 Å². The molecule has 156 valence electrons. The number of carbonyl (C=O) groups excluding carboxylic acids is 3. The lowest BCUT2D eigenvalue weighted by atomic mass is 10.00. The fourth-order valence-electron chi connectivity index (χ4n) is 2.80. The van der Waals surface area contributed by atoms with Crippen LogP contribution in [0.1, 0.15) is 70.5 Å². The fraction of sp³-hybridized carbons (Fsp3) is 0.400. The van der Waals surface area contributed by atoms with Gasteiger partial charge in [0.05, 0.1) is 18.2 Å². The first kappa shape index (κ1) is 22.5. The van der Waals surface area contributed by atoms with E-state index in [2.05, 4.69) is 5.10 Å². The third-order valence-corrected chi connectivity index (χ3v) is 4.35. The molecule has 0 atom stereocenters. The molecule has 1 aromatic carbocycles. The van der Waals surface area contributed by atoms with E-state index >= 15 is 0 Å². The van der Waals surface area contributed by atoms with Gasteiger partial charge in [-0.15, -0.1) is 0 Å². The molecule has 0 saturated heterocycles. The third-order valence-electron chi connectivity index (χ3n) is 4.04. The van der Waals surface area contributed by atoms with E-state index in [1.54, 1.807) is 27.7 Å². The Morgan fingerprint density at radius 1 is 1.14 bits per heavy atom. The average molecular weight is 425 g/mol. The zero-order valence-corrected chi connectivity index (χ0v) is 17.4. The summed E-state index contributed by atoms with van der Waals surface area (Å²) >= 11 is 5.65. The van der Waals surface area contributed by atoms with Crippen LogP contribution in [0.15, 0.2) is 18.2 Å². The van der Waals surface area contributed by atoms with Crippen molar-refractivity contribution < 1.29 is 28.2 Å². The van der Waals surface area contributed by atoms with Crippen LogP contribution < -0.4 is 0 Å². The highest BCUT2D eigenvalue weighted by Gasteiger charge is 2.31. The minimum Gasteiger partial charge on any atom is -0.461 e. The van der Waals surface area contributed by atoms with Gasteiger partial charge in [-0.05, 0) is 38.0 Å². The number of benzene rings is 1. The molecule has 2 rings (SSSR count). The molecule has 7 nitrogen and oxygen atoms in total. The summed E-state index contributed by atoms with van der Waals surface area (Å²) in [5.74, 6) is -2.94. The van der Waals surface area contributed by atoms with E-state index in [4.69, 9.17) is 21.1 Å². The number of esters is 2. The fourth-order valence-corrected chi connectivity index (χ4v) is 2.92. The quantitative estimate of drug-likeness (QED) is 0.469. The molecular weight excluding hydrogens is 403 g/mol. The van der Waals surface area contributed by atoms with E-state index in [0.717, 1.165) is 10.7 Å². The third kappa shape index (κ3) is 5.00. The van der Waals surface area contributed by atoms with E-state index in [-0.39, 0.29) is 41.1 Å². The van der Waals surface area contributed by atoms with Crippen molar-refractivity contribution in [3.63, 3.8) is 0 Å². The lowest BCUT2D eigenvalue weighted by molar-refractivity contribution is 0.0505. The lowest BCUT2D eigenvalue weighted by Gasteiger charge is -2.11. The number of rotatable bonds is 8. The molecule has 0 unspecified atom stereocenters. The molecule has 1 aromatic heterocycles. The highest BCUT2D eigenvalue weighted by molar-refractivity contribution is 6.30.